The first-order chi connectivity index (χ1) is 9.47. The van der Waals surface area contributed by atoms with Gasteiger partial charge in [-0.15, -0.1) is 0 Å². The molecule has 0 spiro atoms. The Morgan fingerprint density at radius 2 is 1.90 bits per heavy atom. The number of carbonyl (C=O) groups excluding carboxylic acids is 2. The number of hydrogen-bond donors (Lipinski definition) is 2. The predicted molar refractivity (Wildman–Crippen MR) is 79.1 cm³/mol. The molecule has 1 aromatic carbocycles. The second kappa shape index (κ2) is 5.83. The molecular formula is C14H15N3O2S. The molecule has 0 saturated heterocycles. The third-order valence-corrected chi connectivity index (χ3v) is 3.74. The van der Waals surface area contributed by atoms with Gasteiger partial charge in [0, 0.05) is 5.56 Å². The molecule has 2 aromatic rings. The molecule has 0 aliphatic heterocycles. The van der Waals surface area contributed by atoms with Crippen LogP contribution in [-0.4, -0.2) is 16.8 Å². The number of nitrogens with zero attached hydrogens (tertiary/aromatic N) is 1. The van der Waals surface area contributed by atoms with Gasteiger partial charge >= 0.3 is 0 Å². The van der Waals surface area contributed by atoms with E-state index >= 15 is 0 Å². The average Bonchev–Trinajstić information content (AvgIpc) is 2.87. The molecule has 0 saturated carbocycles. The summed E-state index contributed by atoms with van der Waals surface area (Å²) in [5.41, 5.74) is 6.85. The summed E-state index contributed by atoms with van der Waals surface area (Å²) in [6, 6.07) is 7.40. The SMILES string of the molecule is CC(C)c1ccc(C(=O)Nc2ncc(C(N)=O)s2)cc1. The number of amides is 2. The highest BCUT2D eigenvalue weighted by Gasteiger charge is 2.11. The zero-order valence-corrected chi connectivity index (χ0v) is 12.0. The monoisotopic (exact) mass is 289 g/mol. The summed E-state index contributed by atoms with van der Waals surface area (Å²) in [6.07, 6.45) is 1.35. The maximum absolute atomic E-state index is 12.0. The Hall–Kier alpha value is -2.21. The lowest BCUT2D eigenvalue weighted by molar-refractivity contribution is 0.100. The minimum atomic E-state index is -0.552. The lowest BCUT2D eigenvalue weighted by atomic mass is 10.0. The number of primary amides is 1. The van der Waals surface area contributed by atoms with Gasteiger partial charge in [0.05, 0.1) is 6.20 Å². The van der Waals surface area contributed by atoms with Gasteiger partial charge in [-0.25, -0.2) is 4.98 Å². The number of nitrogens with two attached hydrogens (primary N) is 1. The van der Waals surface area contributed by atoms with Gasteiger partial charge in [0.1, 0.15) is 4.88 Å². The summed E-state index contributed by atoms with van der Waals surface area (Å²) in [4.78, 5) is 27.2. The van der Waals surface area contributed by atoms with Gasteiger partial charge in [-0.05, 0) is 23.6 Å². The second-order valence-corrected chi connectivity index (χ2v) is 5.66. The zero-order chi connectivity index (χ0) is 14.7. The van der Waals surface area contributed by atoms with Crippen molar-refractivity contribution in [2.24, 2.45) is 5.73 Å². The van der Waals surface area contributed by atoms with E-state index in [2.05, 4.69) is 24.1 Å². The molecule has 1 aromatic heterocycles. The van der Waals surface area contributed by atoms with E-state index < -0.39 is 5.91 Å². The first kappa shape index (κ1) is 14.2. The van der Waals surface area contributed by atoms with Crippen LogP contribution in [0.4, 0.5) is 5.13 Å². The van der Waals surface area contributed by atoms with Crippen molar-refractivity contribution in [3.8, 4) is 0 Å². The van der Waals surface area contributed by atoms with Gasteiger partial charge in [-0.2, -0.15) is 0 Å². The molecular weight excluding hydrogens is 274 g/mol. The summed E-state index contributed by atoms with van der Waals surface area (Å²) in [5.74, 6) is -0.390. The zero-order valence-electron chi connectivity index (χ0n) is 11.2. The average molecular weight is 289 g/mol. The Morgan fingerprint density at radius 3 is 2.40 bits per heavy atom. The quantitative estimate of drug-likeness (QED) is 0.907. The number of aromatic nitrogens is 1. The van der Waals surface area contributed by atoms with Crippen molar-refractivity contribution >= 4 is 28.3 Å². The lowest BCUT2D eigenvalue weighted by Crippen LogP contribution is -2.11. The van der Waals surface area contributed by atoms with Crippen LogP contribution in [0.25, 0.3) is 0 Å². The van der Waals surface area contributed by atoms with E-state index in [9.17, 15) is 9.59 Å². The first-order valence-corrected chi connectivity index (χ1v) is 6.96. The van der Waals surface area contributed by atoms with Crippen LogP contribution < -0.4 is 11.1 Å². The van der Waals surface area contributed by atoms with Crippen LogP contribution in [-0.2, 0) is 0 Å². The maximum atomic E-state index is 12.0. The smallest absolute Gasteiger partial charge is 0.260 e. The Labute approximate surface area is 120 Å². The van der Waals surface area contributed by atoms with E-state index in [1.807, 2.05) is 12.1 Å². The number of nitrogens with one attached hydrogen (secondary N) is 1. The van der Waals surface area contributed by atoms with E-state index in [0.717, 1.165) is 11.3 Å². The standard InChI is InChI=1S/C14H15N3O2S/c1-8(2)9-3-5-10(6-4-9)13(19)17-14-16-7-11(20-14)12(15)18/h3-8H,1-2H3,(H2,15,18)(H,16,17,19). The van der Waals surface area contributed by atoms with E-state index in [-0.39, 0.29) is 5.91 Å². The minimum absolute atomic E-state index is 0.259. The number of carbonyl (C=O) groups is 2. The van der Waals surface area contributed by atoms with Crippen molar-refractivity contribution < 1.29 is 9.59 Å². The lowest BCUT2D eigenvalue weighted by Gasteiger charge is -2.06. The van der Waals surface area contributed by atoms with Crippen molar-refractivity contribution in [1.82, 2.24) is 4.98 Å². The molecule has 0 fully saturated rings. The molecule has 2 rings (SSSR count). The highest BCUT2D eigenvalue weighted by molar-refractivity contribution is 7.17. The summed E-state index contributed by atoms with van der Waals surface area (Å²) in [5, 5.41) is 3.00. The fourth-order valence-corrected chi connectivity index (χ4v) is 2.30. The van der Waals surface area contributed by atoms with Crippen LogP contribution in [0.1, 0.15) is 45.4 Å². The molecule has 0 unspecified atom stereocenters. The molecule has 2 amide bonds. The van der Waals surface area contributed by atoms with Crippen molar-refractivity contribution in [2.45, 2.75) is 19.8 Å². The van der Waals surface area contributed by atoms with E-state index in [0.29, 0.717) is 21.5 Å². The molecule has 20 heavy (non-hydrogen) atoms. The number of hydrogen-bond acceptors (Lipinski definition) is 4. The highest BCUT2D eigenvalue weighted by atomic mass is 32.1. The third-order valence-electron chi connectivity index (χ3n) is 2.81. The topological polar surface area (TPSA) is 85.1 Å². The molecule has 1 heterocycles. The van der Waals surface area contributed by atoms with Gasteiger partial charge in [-0.3, -0.25) is 14.9 Å². The summed E-state index contributed by atoms with van der Waals surface area (Å²) in [6.45, 7) is 4.19. The van der Waals surface area contributed by atoms with E-state index in [1.54, 1.807) is 12.1 Å². The largest absolute Gasteiger partial charge is 0.365 e. The third kappa shape index (κ3) is 3.21. The Morgan fingerprint density at radius 1 is 1.25 bits per heavy atom. The van der Waals surface area contributed by atoms with Gasteiger partial charge in [-0.1, -0.05) is 37.3 Å². The van der Waals surface area contributed by atoms with Gasteiger partial charge in [0.25, 0.3) is 11.8 Å². The first-order valence-electron chi connectivity index (χ1n) is 6.14. The summed E-state index contributed by atoms with van der Waals surface area (Å²) in [7, 11) is 0. The molecule has 5 nitrogen and oxygen atoms in total. The number of thiazole rings is 1. The van der Waals surface area contributed by atoms with E-state index in [1.165, 1.54) is 11.8 Å². The Bertz CT molecular complexity index is 632. The predicted octanol–water partition coefficient (Wildman–Crippen LogP) is 2.62. The molecule has 0 aliphatic rings. The van der Waals surface area contributed by atoms with Crippen LogP contribution in [0.15, 0.2) is 30.5 Å². The molecule has 0 bridgehead atoms. The van der Waals surface area contributed by atoms with Crippen molar-refractivity contribution in [3.63, 3.8) is 0 Å². The van der Waals surface area contributed by atoms with E-state index in [4.69, 9.17) is 5.73 Å². The molecule has 104 valence electrons. The maximum Gasteiger partial charge on any atom is 0.260 e. The fraction of sp³-hybridized carbons (Fsp3) is 0.214. The number of rotatable bonds is 4. The Kier molecular flexibility index (Phi) is 4.14. The van der Waals surface area contributed by atoms with Crippen LogP contribution >= 0.6 is 11.3 Å². The normalized spacial score (nSPS) is 10.6. The van der Waals surface area contributed by atoms with Crippen molar-refractivity contribution in [2.75, 3.05) is 5.32 Å². The van der Waals surface area contributed by atoms with Crippen LogP contribution in [0.3, 0.4) is 0 Å². The van der Waals surface area contributed by atoms with Crippen molar-refractivity contribution in [3.05, 3.63) is 46.5 Å². The van der Waals surface area contributed by atoms with Crippen LogP contribution in [0.5, 0.6) is 0 Å². The second-order valence-electron chi connectivity index (χ2n) is 4.62. The number of benzene rings is 1. The minimum Gasteiger partial charge on any atom is -0.365 e. The van der Waals surface area contributed by atoms with Crippen LogP contribution in [0, 0.1) is 0 Å². The molecule has 0 radical (unpaired) electrons. The van der Waals surface area contributed by atoms with Crippen molar-refractivity contribution in [1.29, 1.82) is 0 Å². The highest BCUT2D eigenvalue weighted by Crippen LogP contribution is 2.19. The summed E-state index contributed by atoms with van der Waals surface area (Å²) >= 11 is 1.05. The van der Waals surface area contributed by atoms with Crippen LogP contribution in [0.2, 0.25) is 0 Å². The van der Waals surface area contributed by atoms with Gasteiger partial charge in [0.15, 0.2) is 5.13 Å². The molecule has 6 heteroatoms. The number of anilines is 1. The van der Waals surface area contributed by atoms with Gasteiger partial charge in [0.2, 0.25) is 0 Å². The molecule has 3 N–H and O–H groups in total. The molecule has 0 atom stereocenters. The summed E-state index contributed by atoms with van der Waals surface area (Å²) < 4.78 is 0. The molecule has 0 aliphatic carbocycles. The fourth-order valence-electron chi connectivity index (χ4n) is 1.63. The van der Waals surface area contributed by atoms with Gasteiger partial charge < -0.3 is 5.73 Å². The Balaban J connectivity index is 2.09.